The van der Waals surface area contributed by atoms with Gasteiger partial charge >= 0.3 is 0 Å². The van der Waals surface area contributed by atoms with Crippen LogP contribution in [0, 0.1) is 0 Å². The summed E-state index contributed by atoms with van der Waals surface area (Å²) in [6.07, 6.45) is 1.47. The molecule has 0 aromatic heterocycles. The Hall–Kier alpha value is -1.15. The number of nitrogens with one attached hydrogen (secondary N) is 1. The molecule has 112 valence electrons. The van der Waals surface area contributed by atoms with Crippen LogP contribution in [0.2, 0.25) is 0 Å². The number of nitrogens with two attached hydrogens (primary N) is 1. The Kier molecular flexibility index (Phi) is 5.36. The van der Waals surface area contributed by atoms with Crippen LogP contribution in [-0.4, -0.2) is 40.8 Å². The minimum Gasteiger partial charge on any atom is -0.494 e. The fourth-order valence-electron chi connectivity index (χ4n) is 1.90. The van der Waals surface area contributed by atoms with Crippen LogP contribution in [0.1, 0.15) is 12.8 Å². The van der Waals surface area contributed by atoms with E-state index in [1.54, 1.807) is 12.1 Å². The number of benzene rings is 1. The lowest BCUT2D eigenvalue weighted by molar-refractivity contribution is 0.192. The molecule has 1 aromatic rings. The molecule has 1 fully saturated rings. The van der Waals surface area contributed by atoms with Gasteiger partial charge in [-0.25, -0.2) is 13.1 Å². The zero-order valence-electron chi connectivity index (χ0n) is 11.2. The van der Waals surface area contributed by atoms with Crippen LogP contribution in [-0.2, 0) is 14.8 Å². The molecule has 6 nitrogen and oxygen atoms in total. The molecule has 1 heterocycles. The van der Waals surface area contributed by atoms with Crippen LogP contribution in [0.15, 0.2) is 29.2 Å². The summed E-state index contributed by atoms with van der Waals surface area (Å²) in [4.78, 5) is 0.232. The smallest absolute Gasteiger partial charge is 0.240 e. The van der Waals surface area contributed by atoms with E-state index < -0.39 is 10.0 Å². The standard InChI is InChI=1S/C13H20N2O4S/c14-7-1-8-19-12-2-4-13(5-3-12)20(16,17)15-11-6-9-18-10-11/h2-5,11,15H,1,6-10,14H2. The molecule has 0 radical (unpaired) electrons. The van der Waals surface area contributed by atoms with Gasteiger partial charge in [0.15, 0.2) is 0 Å². The van der Waals surface area contributed by atoms with Gasteiger partial charge in [-0.05, 0) is 43.7 Å². The number of hydrogen-bond acceptors (Lipinski definition) is 5. The van der Waals surface area contributed by atoms with Crippen molar-refractivity contribution in [3.05, 3.63) is 24.3 Å². The van der Waals surface area contributed by atoms with Crippen molar-refractivity contribution in [3.63, 3.8) is 0 Å². The zero-order valence-corrected chi connectivity index (χ0v) is 12.1. The molecule has 7 heteroatoms. The van der Waals surface area contributed by atoms with E-state index in [4.69, 9.17) is 15.2 Å². The second kappa shape index (κ2) is 7.03. The molecule has 1 aliphatic rings. The first-order chi connectivity index (χ1) is 9.62. The van der Waals surface area contributed by atoms with E-state index in [-0.39, 0.29) is 10.9 Å². The van der Waals surface area contributed by atoms with Crippen LogP contribution >= 0.6 is 0 Å². The molecule has 1 atom stereocenters. The monoisotopic (exact) mass is 300 g/mol. The van der Waals surface area contributed by atoms with Crippen molar-refractivity contribution in [1.82, 2.24) is 4.72 Å². The molecule has 20 heavy (non-hydrogen) atoms. The second-order valence-corrected chi connectivity index (χ2v) is 6.36. The van der Waals surface area contributed by atoms with Crippen molar-refractivity contribution in [2.24, 2.45) is 5.73 Å². The minimum absolute atomic E-state index is 0.138. The lowest BCUT2D eigenvalue weighted by atomic mass is 10.3. The molecule has 3 N–H and O–H groups in total. The summed E-state index contributed by atoms with van der Waals surface area (Å²) in [5.74, 6) is 0.640. The zero-order chi connectivity index (χ0) is 14.4. The Balaban J connectivity index is 1.97. The van der Waals surface area contributed by atoms with Gasteiger partial charge in [0, 0.05) is 12.6 Å². The maximum atomic E-state index is 12.1. The molecule has 0 saturated carbocycles. The maximum Gasteiger partial charge on any atom is 0.240 e. The summed E-state index contributed by atoms with van der Waals surface area (Å²) < 4.78 is 37.5. The van der Waals surface area contributed by atoms with Crippen molar-refractivity contribution < 1.29 is 17.9 Å². The van der Waals surface area contributed by atoms with E-state index in [9.17, 15) is 8.42 Å². The number of rotatable bonds is 7. The van der Waals surface area contributed by atoms with Gasteiger partial charge in [-0.2, -0.15) is 0 Å². The van der Waals surface area contributed by atoms with E-state index in [0.717, 1.165) is 6.42 Å². The Bertz CT molecular complexity index is 510. The van der Waals surface area contributed by atoms with E-state index in [2.05, 4.69) is 4.72 Å². The molecule has 1 saturated heterocycles. The van der Waals surface area contributed by atoms with Gasteiger partial charge in [0.25, 0.3) is 0 Å². The highest BCUT2D eigenvalue weighted by Crippen LogP contribution is 2.17. The Morgan fingerprint density at radius 1 is 1.35 bits per heavy atom. The first-order valence-electron chi connectivity index (χ1n) is 6.65. The van der Waals surface area contributed by atoms with E-state index in [1.807, 2.05) is 0 Å². The van der Waals surface area contributed by atoms with Gasteiger partial charge < -0.3 is 15.2 Å². The lowest BCUT2D eigenvalue weighted by Crippen LogP contribution is -2.34. The van der Waals surface area contributed by atoms with Crippen LogP contribution in [0.5, 0.6) is 5.75 Å². The molecular weight excluding hydrogens is 280 g/mol. The largest absolute Gasteiger partial charge is 0.494 e. The number of sulfonamides is 1. The van der Waals surface area contributed by atoms with Crippen molar-refractivity contribution in [2.75, 3.05) is 26.4 Å². The SMILES string of the molecule is NCCCOc1ccc(S(=O)(=O)NC2CCOC2)cc1. The highest BCUT2D eigenvalue weighted by Gasteiger charge is 2.23. The average Bonchev–Trinajstić information content (AvgIpc) is 2.92. The second-order valence-electron chi connectivity index (χ2n) is 4.64. The number of hydrogen-bond donors (Lipinski definition) is 2. The number of ether oxygens (including phenoxy) is 2. The normalized spacial score (nSPS) is 19.1. The predicted molar refractivity (Wildman–Crippen MR) is 75.2 cm³/mol. The summed E-state index contributed by atoms with van der Waals surface area (Å²) in [6, 6.07) is 6.23. The summed E-state index contributed by atoms with van der Waals surface area (Å²) in [5, 5.41) is 0. The Labute approximate surface area is 119 Å². The molecule has 0 bridgehead atoms. The van der Waals surface area contributed by atoms with E-state index in [1.165, 1.54) is 12.1 Å². The van der Waals surface area contributed by atoms with Crippen molar-refractivity contribution in [2.45, 2.75) is 23.8 Å². The van der Waals surface area contributed by atoms with Gasteiger partial charge in [-0.1, -0.05) is 0 Å². The van der Waals surface area contributed by atoms with E-state index in [0.29, 0.717) is 38.5 Å². The molecule has 0 amide bonds. The minimum atomic E-state index is -3.49. The Morgan fingerprint density at radius 2 is 2.10 bits per heavy atom. The maximum absolute atomic E-state index is 12.1. The van der Waals surface area contributed by atoms with Gasteiger partial charge in [-0.3, -0.25) is 0 Å². The van der Waals surface area contributed by atoms with Crippen LogP contribution < -0.4 is 15.2 Å². The van der Waals surface area contributed by atoms with E-state index >= 15 is 0 Å². The average molecular weight is 300 g/mol. The van der Waals surface area contributed by atoms with Crippen LogP contribution in [0.25, 0.3) is 0 Å². The first kappa shape index (κ1) is 15.2. The summed E-state index contributed by atoms with van der Waals surface area (Å²) in [5.41, 5.74) is 5.37. The van der Waals surface area contributed by atoms with Crippen molar-refractivity contribution in [1.29, 1.82) is 0 Å². The highest BCUT2D eigenvalue weighted by molar-refractivity contribution is 7.89. The molecule has 1 aromatic carbocycles. The fraction of sp³-hybridized carbons (Fsp3) is 0.538. The quantitative estimate of drug-likeness (QED) is 0.715. The fourth-order valence-corrected chi connectivity index (χ4v) is 3.16. The van der Waals surface area contributed by atoms with Gasteiger partial charge in [0.2, 0.25) is 10.0 Å². The van der Waals surface area contributed by atoms with Gasteiger partial charge in [0.1, 0.15) is 5.75 Å². The summed E-state index contributed by atoms with van der Waals surface area (Å²) >= 11 is 0. The van der Waals surface area contributed by atoms with Crippen molar-refractivity contribution in [3.8, 4) is 5.75 Å². The predicted octanol–water partition coefficient (Wildman–Crippen LogP) is 0.481. The molecular formula is C13H20N2O4S. The summed E-state index contributed by atoms with van der Waals surface area (Å²) in [7, 11) is -3.49. The third kappa shape index (κ3) is 4.17. The molecule has 2 rings (SSSR count). The third-order valence-corrected chi connectivity index (χ3v) is 4.54. The van der Waals surface area contributed by atoms with Crippen LogP contribution in [0.3, 0.4) is 0 Å². The molecule has 0 aliphatic carbocycles. The molecule has 1 aliphatic heterocycles. The third-order valence-electron chi connectivity index (χ3n) is 3.00. The van der Waals surface area contributed by atoms with Gasteiger partial charge in [0.05, 0.1) is 18.1 Å². The van der Waals surface area contributed by atoms with Gasteiger partial charge in [-0.15, -0.1) is 0 Å². The first-order valence-corrected chi connectivity index (χ1v) is 8.13. The van der Waals surface area contributed by atoms with Crippen molar-refractivity contribution >= 4 is 10.0 Å². The molecule has 1 unspecified atom stereocenters. The topological polar surface area (TPSA) is 90.7 Å². The van der Waals surface area contributed by atoms with Crippen LogP contribution in [0.4, 0.5) is 0 Å². The summed E-state index contributed by atoms with van der Waals surface area (Å²) in [6.45, 7) is 2.13. The Morgan fingerprint density at radius 3 is 2.70 bits per heavy atom. The lowest BCUT2D eigenvalue weighted by Gasteiger charge is -2.12. The molecule has 0 spiro atoms. The highest BCUT2D eigenvalue weighted by atomic mass is 32.2.